The van der Waals surface area contributed by atoms with Crippen LogP contribution < -0.4 is 0 Å². The number of aromatic nitrogens is 3. The predicted molar refractivity (Wildman–Crippen MR) is 204 cm³/mol. The van der Waals surface area contributed by atoms with Gasteiger partial charge in [-0.2, -0.15) is 5.26 Å². The van der Waals surface area contributed by atoms with Crippen LogP contribution in [0.4, 0.5) is 0 Å². The summed E-state index contributed by atoms with van der Waals surface area (Å²) in [6.45, 7) is 4.27. The SMILES string of the molecule is C=C(N=C(N=CC1C=C(c2cccc(-c3nc(-c4ccccc4)nc(-c4ccccc4)n3)c2)C=CC1)C1C=CC=CC1)C1=CC=C(C#N)CC1. The molecule has 1 heterocycles. The van der Waals surface area contributed by atoms with Crippen LogP contribution in [0.15, 0.2) is 173 Å². The molecule has 2 unspecified atom stereocenters. The molecule has 0 spiro atoms. The minimum atomic E-state index is 0.0728. The lowest BCUT2D eigenvalue weighted by Gasteiger charge is -2.17. The molecule has 0 saturated heterocycles. The van der Waals surface area contributed by atoms with E-state index in [0.717, 1.165) is 64.1 Å². The van der Waals surface area contributed by atoms with E-state index in [1.54, 1.807) is 0 Å². The maximum atomic E-state index is 9.23. The number of hydrogen-bond donors (Lipinski definition) is 0. The van der Waals surface area contributed by atoms with Gasteiger partial charge in [-0.25, -0.2) is 24.9 Å². The Labute approximate surface area is 293 Å². The topological polar surface area (TPSA) is 87.2 Å². The first kappa shape index (κ1) is 32.2. The fourth-order valence-electron chi connectivity index (χ4n) is 6.11. The zero-order valence-electron chi connectivity index (χ0n) is 27.7. The second kappa shape index (κ2) is 15.3. The molecule has 0 radical (unpaired) electrons. The van der Waals surface area contributed by atoms with Crippen molar-refractivity contribution in [3.8, 4) is 40.2 Å². The van der Waals surface area contributed by atoms with Crippen molar-refractivity contribution in [1.29, 1.82) is 5.26 Å². The summed E-state index contributed by atoms with van der Waals surface area (Å²) in [5, 5.41) is 9.23. The van der Waals surface area contributed by atoms with Gasteiger partial charge in [0.05, 0.1) is 11.8 Å². The third-order valence-corrected chi connectivity index (χ3v) is 8.88. The molecule has 3 aliphatic carbocycles. The zero-order valence-corrected chi connectivity index (χ0v) is 27.7. The lowest BCUT2D eigenvalue weighted by molar-refractivity contribution is 0.847. The Kier molecular flexibility index (Phi) is 9.85. The fourth-order valence-corrected chi connectivity index (χ4v) is 6.11. The van der Waals surface area contributed by atoms with Crippen molar-refractivity contribution in [2.24, 2.45) is 21.8 Å². The Hall–Kier alpha value is -6.32. The summed E-state index contributed by atoms with van der Waals surface area (Å²) in [7, 11) is 0. The lowest BCUT2D eigenvalue weighted by Crippen LogP contribution is -2.13. The molecular weight excluding hydrogens is 613 g/mol. The minimum absolute atomic E-state index is 0.0728. The fraction of sp³-hybridized carbons (Fsp3) is 0.136. The number of aliphatic imine (C=N–C) groups is 2. The average Bonchev–Trinajstić information content (AvgIpc) is 3.20. The van der Waals surface area contributed by atoms with Gasteiger partial charge >= 0.3 is 0 Å². The molecule has 0 N–H and O–H groups in total. The summed E-state index contributed by atoms with van der Waals surface area (Å²) in [5.74, 6) is 2.82. The molecular formula is C44H36N6. The smallest absolute Gasteiger partial charge is 0.164 e. The molecule has 2 atom stereocenters. The second-order valence-electron chi connectivity index (χ2n) is 12.4. The lowest BCUT2D eigenvalue weighted by atomic mass is 9.92. The van der Waals surface area contributed by atoms with Gasteiger partial charge in [-0.15, -0.1) is 0 Å². The van der Waals surface area contributed by atoms with Crippen LogP contribution in [-0.2, 0) is 0 Å². The van der Waals surface area contributed by atoms with Crippen LogP contribution in [0.2, 0.25) is 0 Å². The normalized spacial score (nSPS) is 18.7. The minimum Gasteiger partial charge on any atom is -0.244 e. The number of nitrogens with zero attached hydrogens (tertiary/aromatic N) is 6. The van der Waals surface area contributed by atoms with Crippen molar-refractivity contribution in [3.63, 3.8) is 0 Å². The molecule has 50 heavy (non-hydrogen) atoms. The van der Waals surface area contributed by atoms with Crippen LogP contribution in [0.1, 0.15) is 31.2 Å². The van der Waals surface area contributed by atoms with E-state index in [1.807, 2.05) is 79.0 Å². The van der Waals surface area contributed by atoms with E-state index in [2.05, 4.69) is 79.4 Å². The van der Waals surface area contributed by atoms with Crippen LogP contribution in [0.25, 0.3) is 39.7 Å². The van der Waals surface area contributed by atoms with Crippen molar-refractivity contribution < 1.29 is 0 Å². The Morgan fingerprint density at radius 1 is 0.760 bits per heavy atom. The van der Waals surface area contributed by atoms with Crippen molar-refractivity contribution in [2.75, 3.05) is 0 Å². The third kappa shape index (κ3) is 7.69. The summed E-state index contributed by atoms with van der Waals surface area (Å²) >= 11 is 0. The van der Waals surface area contributed by atoms with Gasteiger partial charge in [-0.1, -0.05) is 134 Å². The third-order valence-electron chi connectivity index (χ3n) is 8.88. The molecule has 0 bridgehead atoms. The predicted octanol–water partition coefficient (Wildman–Crippen LogP) is 10.1. The molecule has 7 rings (SSSR count). The number of amidine groups is 1. The van der Waals surface area contributed by atoms with Crippen molar-refractivity contribution in [3.05, 3.63) is 169 Å². The quantitative estimate of drug-likeness (QED) is 0.141. The average molecular weight is 649 g/mol. The van der Waals surface area contributed by atoms with Crippen LogP contribution in [0.5, 0.6) is 0 Å². The molecule has 0 saturated carbocycles. The second-order valence-corrected chi connectivity index (χ2v) is 12.4. The summed E-state index contributed by atoms with van der Waals surface area (Å²) in [4.78, 5) is 24.6. The van der Waals surface area contributed by atoms with Gasteiger partial charge in [0.1, 0.15) is 5.84 Å². The Morgan fingerprint density at radius 2 is 1.44 bits per heavy atom. The van der Waals surface area contributed by atoms with Crippen molar-refractivity contribution in [1.82, 2.24) is 15.0 Å². The van der Waals surface area contributed by atoms with Gasteiger partial charge in [0.15, 0.2) is 17.5 Å². The molecule has 3 aromatic carbocycles. The highest BCUT2D eigenvalue weighted by molar-refractivity contribution is 5.95. The molecule has 4 aromatic rings. The number of allylic oxidation sites excluding steroid dienone is 11. The summed E-state index contributed by atoms with van der Waals surface area (Å²) in [5.41, 5.74) is 7.52. The highest BCUT2D eigenvalue weighted by Crippen LogP contribution is 2.30. The Morgan fingerprint density at radius 3 is 2.08 bits per heavy atom. The molecule has 242 valence electrons. The van der Waals surface area contributed by atoms with Crippen molar-refractivity contribution in [2.45, 2.75) is 25.7 Å². The van der Waals surface area contributed by atoms with E-state index < -0.39 is 0 Å². The van der Waals surface area contributed by atoms with Gasteiger partial charge in [-0.05, 0) is 54.5 Å². The van der Waals surface area contributed by atoms with Gasteiger partial charge in [-0.3, -0.25) is 0 Å². The van der Waals surface area contributed by atoms with Crippen LogP contribution in [0.3, 0.4) is 0 Å². The number of hydrogen-bond acceptors (Lipinski definition) is 5. The highest BCUT2D eigenvalue weighted by atomic mass is 15.0. The maximum absolute atomic E-state index is 9.23. The van der Waals surface area contributed by atoms with Crippen LogP contribution in [-0.4, -0.2) is 27.0 Å². The van der Waals surface area contributed by atoms with Gasteiger partial charge in [0.25, 0.3) is 0 Å². The van der Waals surface area contributed by atoms with E-state index in [4.69, 9.17) is 24.9 Å². The molecule has 6 heteroatoms. The molecule has 0 amide bonds. The first-order chi connectivity index (χ1) is 24.6. The van der Waals surface area contributed by atoms with E-state index in [1.165, 1.54) is 0 Å². The summed E-state index contributed by atoms with van der Waals surface area (Å²) in [6.07, 6.45) is 24.0. The summed E-state index contributed by atoms with van der Waals surface area (Å²) < 4.78 is 0. The van der Waals surface area contributed by atoms with Gasteiger partial charge in [0, 0.05) is 40.3 Å². The molecule has 0 aliphatic heterocycles. The van der Waals surface area contributed by atoms with Crippen LogP contribution >= 0.6 is 0 Å². The van der Waals surface area contributed by atoms with E-state index >= 15 is 0 Å². The molecule has 1 aromatic heterocycles. The monoisotopic (exact) mass is 648 g/mol. The van der Waals surface area contributed by atoms with Gasteiger partial charge < -0.3 is 0 Å². The van der Waals surface area contributed by atoms with E-state index in [0.29, 0.717) is 29.6 Å². The van der Waals surface area contributed by atoms with E-state index in [-0.39, 0.29) is 11.8 Å². The summed E-state index contributed by atoms with van der Waals surface area (Å²) in [6, 6.07) is 30.7. The largest absolute Gasteiger partial charge is 0.244 e. The number of nitriles is 1. The van der Waals surface area contributed by atoms with Gasteiger partial charge in [0.2, 0.25) is 0 Å². The van der Waals surface area contributed by atoms with Crippen LogP contribution in [0, 0.1) is 23.2 Å². The molecule has 6 nitrogen and oxygen atoms in total. The first-order valence-electron chi connectivity index (χ1n) is 16.9. The highest BCUT2D eigenvalue weighted by Gasteiger charge is 2.18. The first-order valence-corrected chi connectivity index (χ1v) is 16.9. The standard InChI is InChI=1S/C44H36N6/c1-31(34-25-23-32(29-45)24-26-34)47-41(35-14-5-2-6-15-35)46-30-33-13-11-20-38(27-33)39-21-12-22-40(28-39)44-49-42(36-16-7-3-8-17-36)48-43(50-44)37-18-9-4-10-19-37/h2-12,14,16-23,25,27-28,30,33,35H,1,13,15,24,26H2. The Bertz CT molecular complexity index is 2130. The molecule has 0 fully saturated rings. The zero-order chi connectivity index (χ0) is 34.1. The van der Waals surface area contributed by atoms with Crippen molar-refractivity contribution >= 4 is 17.6 Å². The maximum Gasteiger partial charge on any atom is 0.164 e. The molecule has 3 aliphatic rings. The number of rotatable bonds is 8. The van der Waals surface area contributed by atoms with E-state index in [9.17, 15) is 5.26 Å². The Balaban J connectivity index is 1.17. The number of benzene rings is 3.